The minimum atomic E-state index is -0.140. The summed E-state index contributed by atoms with van der Waals surface area (Å²) >= 11 is 0. The highest BCUT2D eigenvalue weighted by atomic mass is 16.3. The number of para-hydroxylation sites is 1. The van der Waals surface area contributed by atoms with E-state index < -0.39 is 0 Å². The molecule has 0 spiro atoms. The Labute approximate surface area is 340 Å². The molecule has 0 bridgehead atoms. The minimum Gasteiger partial charge on any atom is -0.456 e. The predicted octanol–water partition coefficient (Wildman–Crippen LogP) is 13.8. The van der Waals surface area contributed by atoms with Crippen molar-refractivity contribution < 1.29 is 4.42 Å². The van der Waals surface area contributed by atoms with Crippen LogP contribution in [0.3, 0.4) is 0 Å². The van der Waals surface area contributed by atoms with E-state index in [2.05, 4.69) is 182 Å². The fourth-order valence-corrected chi connectivity index (χ4v) is 9.40. The summed E-state index contributed by atoms with van der Waals surface area (Å²) in [4.78, 5) is 15.4. The maximum absolute atomic E-state index is 6.57. The van der Waals surface area contributed by atoms with Crippen LogP contribution in [0.5, 0.6) is 0 Å². The molecule has 0 unspecified atom stereocenters. The van der Waals surface area contributed by atoms with Crippen molar-refractivity contribution in [2.24, 2.45) is 0 Å². The van der Waals surface area contributed by atoms with Crippen LogP contribution < -0.4 is 0 Å². The lowest BCUT2D eigenvalue weighted by molar-refractivity contribution is 0.660. The lowest BCUT2D eigenvalue weighted by Gasteiger charge is -2.21. The summed E-state index contributed by atoms with van der Waals surface area (Å²) in [6.07, 6.45) is 0. The van der Waals surface area contributed by atoms with Crippen LogP contribution in [-0.4, -0.2) is 19.5 Å². The fraction of sp³-hybridized carbons (Fsp3) is 0.0556. The first-order valence-electron chi connectivity index (χ1n) is 20.1. The van der Waals surface area contributed by atoms with Gasteiger partial charge in [0.25, 0.3) is 0 Å². The van der Waals surface area contributed by atoms with Crippen molar-refractivity contribution >= 4 is 43.7 Å². The Kier molecular flexibility index (Phi) is 7.20. The summed E-state index contributed by atoms with van der Waals surface area (Å²) in [7, 11) is 0. The summed E-state index contributed by atoms with van der Waals surface area (Å²) in [6, 6.07) is 64.2. The molecular weight excluding hydrogens is 721 g/mol. The van der Waals surface area contributed by atoms with Crippen molar-refractivity contribution in [1.29, 1.82) is 0 Å². The Bertz CT molecular complexity index is 3470. The zero-order chi connectivity index (χ0) is 39.2. The summed E-state index contributed by atoms with van der Waals surface area (Å²) < 4.78 is 8.90. The molecular formula is C54H36N4O. The van der Waals surface area contributed by atoms with E-state index in [0.29, 0.717) is 17.5 Å². The van der Waals surface area contributed by atoms with E-state index in [1.54, 1.807) is 0 Å². The molecule has 1 aliphatic carbocycles. The van der Waals surface area contributed by atoms with E-state index in [1.165, 1.54) is 33.4 Å². The second kappa shape index (κ2) is 12.7. The molecule has 278 valence electrons. The molecule has 0 N–H and O–H groups in total. The van der Waals surface area contributed by atoms with Gasteiger partial charge in [0.2, 0.25) is 0 Å². The highest BCUT2D eigenvalue weighted by Crippen LogP contribution is 2.49. The molecule has 5 nitrogen and oxygen atoms in total. The maximum atomic E-state index is 6.57. The summed E-state index contributed by atoms with van der Waals surface area (Å²) in [5.41, 5.74) is 15.2. The zero-order valence-electron chi connectivity index (χ0n) is 32.5. The molecule has 0 aliphatic heterocycles. The minimum absolute atomic E-state index is 0.140. The topological polar surface area (TPSA) is 56.7 Å². The van der Waals surface area contributed by atoms with Crippen LogP contribution in [0, 0.1) is 0 Å². The largest absolute Gasteiger partial charge is 0.456 e. The standard InChI is InChI=1S/C54H36N4O/c1-54(2)44-21-11-9-18-39(44)40-27-24-36(31-45(40)54)53-56-51(34-16-7-4-8-17-34)55-52(57-53)35-25-29-47-43(30-35)41-19-10-12-22-46(41)58(47)37-26-28-42-49(32-37)59-48-23-13-20-38(50(42)48)33-14-5-3-6-15-33/h3-32H,1-2H3. The van der Waals surface area contributed by atoms with E-state index in [0.717, 1.165) is 66.1 Å². The van der Waals surface area contributed by atoms with Gasteiger partial charge in [-0.3, -0.25) is 0 Å². The Morgan fingerprint density at radius 2 is 1.03 bits per heavy atom. The van der Waals surface area contributed by atoms with Gasteiger partial charge in [-0.05, 0) is 81.9 Å². The van der Waals surface area contributed by atoms with E-state index in [-0.39, 0.29) is 5.41 Å². The third kappa shape index (κ3) is 5.14. The van der Waals surface area contributed by atoms with Gasteiger partial charge >= 0.3 is 0 Å². The van der Waals surface area contributed by atoms with Crippen LogP contribution in [0.1, 0.15) is 25.0 Å². The number of furan rings is 1. The molecule has 0 atom stereocenters. The number of rotatable bonds is 5. The number of hydrogen-bond acceptors (Lipinski definition) is 4. The quantitative estimate of drug-likeness (QED) is 0.175. The molecule has 0 amide bonds. The highest BCUT2D eigenvalue weighted by Gasteiger charge is 2.35. The summed E-state index contributed by atoms with van der Waals surface area (Å²) in [5.74, 6) is 1.93. The van der Waals surface area contributed by atoms with Crippen LogP contribution in [0.4, 0.5) is 0 Å². The van der Waals surface area contributed by atoms with Gasteiger partial charge in [-0.25, -0.2) is 15.0 Å². The van der Waals surface area contributed by atoms with Gasteiger partial charge < -0.3 is 8.98 Å². The Morgan fingerprint density at radius 3 is 1.85 bits per heavy atom. The number of nitrogens with zero attached hydrogens (tertiary/aromatic N) is 4. The van der Waals surface area contributed by atoms with Crippen LogP contribution in [0.15, 0.2) is 186 Å². The molecule has 8 aromatic carbocycles. The van der Waals surface area contributed by atoms with Crippen LogP contribution in [0.25, 0.3) is 106 Å². The van der Waals surface area contributed by atoms with Crippen molar-refractivity contribution in [1.82, 2.24) is 19.5 Å². The van der Waals surface area contributed by atoms with Crippen LogP contribution >= 0.6 is 0 Å². The van der Waals surface area contributed by atoms with Crippen molar-refractivity contribution in [2.75, 3.05) is 0 Å². The van der Waals surface area contributed by atoms with E-state index in [4.69, 9.17) is 19.4 Å². The van der Waals surface area contributed by atoms with Gasteiger partial charge in [-0.15, -0.1) is 0 Å². The van der Waals surface area contributed by atoms with Gasteiger partial charge in [0, 0.05) is 55.4 Å². The lowest BCUT2D eigenvalue weighted by atomic mass is 9.82. The third-order valence-electron chi connectivity index (χ3n) is 12.3. The molecule has 0 saturated carbocycles. The summed E-state index contributed by atoms with van der Waals surface area (Å²) in [6.45, 7) is 4.61. The molecule has 5 heteroatoms. The smallest absolute Gasteiger partial charge is 0.164 e. The predicted molar refractivity (Wildman–Crippen MR) is 241 cm³/mol. The Morgan fingerprint density at radius 1 is 0.407 bits per heavy atom. The number of benzene rings is 8. The first-order chi connectivity index (χ1) is 29.0. The Hall–Kier alpha value is -7.63. The maximum Gasteiger partial charge on any atom is 0.164 e. The molecule has 0 saturated heterocycles. The molecule has 3 heterocycles. The molecule has 0 radical (unpaired) electrons. The van der Waals surface area contributed by atoms with E-state index >= 15 is 0 Å². The highest BCUT2D eigenvalue weighted by molar-refractivity contribution is 6.14. The lowest BCUT2D eigenvalue weighted by Crippen LogP contribution is -2.15. The Balaban J connectivity index is 1.01. The van der Waals surface area contributed by atoms with Crippen molar-refractivity contribution in [3.05, 3.63) is 193 Å². The monoisotopic (exact) mass is 756 g/mol. The SMILES string of the molecule is CC1(C)c2ccccc2-c2ccc(-c3nc(-c4ccccc4)nc(-c4ccc5c(c4)c4ccccc4n5-c4ccc5c(c4)oc4cccc(-c6ccccc6)c45)n3)cc21. The molecule has 3 aromatic heterocycles. The van der Waals surface area contributed by atoms with E-state index in [1.807, 2.05) is 18.2 Å². The molecule has 12 rings (SSSR count). The second-order valence-electron chi connectivity index (χ2n) is 16.0. The van der Waals surface area contributed by atoms with Crippen molar-refractivity contribution in [3.63, 3.8) is 0 Å². The van der Waals surface area contributed by atoms with Gasteiger partial charge in [0.1, 0.15) is 11.2 Å². The number of aromatic nitrogens is 4. The molecule has 11 aromatic rings. The zero-order valence-corrected chi connectivity index (χ0v) is 32.5. The van der Waals surface area contributed by atoms with Gasteiger partial charge in [-0.2, -0.15) is 0 Å². The van der Waals surface area contributed by atoms with E-state index in [9.17, 15) is 0 Å². The van der Waals surface area contributed by atoms with Gasteiger partial charge in [0.05, 0.1) is 11.0 Å². The first kappa shape index (κ1) is 33.5. The molecule has 0 fully saturated rings. The normalized spacial score (nSPS) is 13.1. The van der Waals surface area contributed by atoms with Crippen molar-refractivity contribution in [2.45, 2.75) is 19.3 Å². The number of hydrogen-bond donors (Lipinski definition) is 0. The van der Waals surface area contributed by atoms with Crippen LogP contribution in [-0.2, 0) is 5.41 Å². The third-order valence-corrected chi connectivity index (χ3v) is 12.3. The average Bonchev–Trinajstić information content (AvgIpc) is 3.91. The summed E-state index contributed by atoms with van der Waals surface area (Å²) in [5, 5.41) is 4.50. The van der Waals surface area contributed by atoms with Crippen molar-refractivity contribution in [3.8, 4) is 62.1 Å². The number of fused-ring (bicyclic) bond motifs is 9. The fourth-order valence-electron chi connectivity index (χ4n) is 9.40. The van der Waals surface area contributed by atoms with Crippen LogP contribution in [0.2, 0.25) is 0 Å². The van der Waals surface area contributed by atoms with Gasteiger partial charge in [0.15, 0.2) is 17.5 Å². The second-order valence-corrected chi connectivity index (χ2v) is 16.0. The average molecular weight is 757 g/mol. The molecule has 59 heavy (non-hydrogen) atoms. The molecule has 1 aliphatic rings. The van der Waals surface area contributed by atoms with Gasteiger partial charge in [-0.1, -0.05) is 141 Å². The first-order valence-corrected chi connectivity index (χ1v) is 20.1.